The van der Waals surface area contributed by atoms with Crippen molar-refractivity contribution in [1.82, 2.24) is 4.98 Å². The lowest BCUT2D eigenvalue weighted by Crippen LogP contribution is -2.03. The van der Waals surface area contributed by atoms with E-state index in [0.717, 1.165) is 33.7 Å². The first-order valence-electron chi connectivity index (χ1n) is 6.25. The average molecular weight is 250 g/mol. The van der Waals surface area contributed by atoms with Crippen LogP contribution in [0.1, 0.15) is 34.0 Å². The number of hydrogen-bond acceptors (Lipinski definition) is 2. The van der Waals surface area contributed by atoms with Gasteiger partial charge in [0.15, 0.2) is 0 Å². The van der Waals surface area contributed by atoms with Crippen LogP contribution in [0.3, 0.4) is 0 Å². The Hall–Kier alpha value is -2.29. The number of nitrogens with zero attached hydrogens (tertiary/aromatic N) is 2. The molecule has 19 heavy (non-hydrogen) atoms. The van der Waals surface area contributed by atoms with E-state index in [2.05, 4.69) is 16.9 Å². The fraction of sp³-hybridized carbons (Fsp3) is 0.188. The number of carbonyl (C=O) groups excluding carboxylic acids is 1. The van der Waals surface area contributed by atoms with Crippen LogP contribution in [-0.2, 0) is 0 Å². The van der Waals surface area contributed by atoms with Crippen molar-refractivity contribution in [3.63, 3.8) is 0 Å². The number of fused-ring (bicyclic) bond motifs is 1. The highest BCUT2D eigenvalue weighted by Crippen LogP contribution is 2.34. The number of benzene rings is 1. The largest absolute Gasteiger partial charge is 0.278 e. The van der Waals surface area contributed by atoms with Crippen molar-refractivity contribution in [1.29, 1.82) is 0 Å². The van der Waals surface area contributed by atoms with Crippen molar-refractivity contribution in [2.45, 2.75) is 20.8 Å². The summed E-state index contributed by atoms with van der Waals surface area (Å²) in [5, 5.41) is 0. The molecule has 0 saturated heterocycles. The lowest BCUT2D eigenvalue weighted by molar-refractivity contribution is 0.101. The van der Waals surface area contributed by atoms with E-state index in [4.69, 9.17) is 0 Å². The minimum atomic E-state index is -0.156. The zero-order valence-corrected chi connectivity index (χ0v) is 11.2. The second kappa shape index (κ2) is 4.12. The number of aliphatic imine (C=N–C) groups is 1. The molecule has 0 atom stereocenters. The number of aromatic nitrogens is 1. The molecule has 0 fully saturated rings. The lowest BCUT2D eigenvalue weighted by atomic mass is 9.90. The highest BCUT2D eigenvalue weighted by Gasteiger charge is 2.27. The van der Waals surface area contributed by atoms with Gasteiger partial charge in [0.25, 0.3) is 5.91 Å². The summed E-state index contributed by atoms with van der Waals surface area (Å²) in [6.07, 6.45) is 1.75. The molecule has 0 spiro atoms. The minimum Gasteiger partial charge on any atom is -0.267 e. The Labute approximate surface area is 112 Å². The van der Waals surface area contributed by atoms with Crippen LogP contribution in [0.2, 0.25) is 0 Å². The van der Waals surface area contributed by atoms with Gasteiger partial charge in [-0.2, -0.15) is 0 Å². The molecule has 94 valence electrons. The minimum absolute atomic E-state index is 0.156. The molecular weight excluding hydrogens is 236 g/mol. The quantitative estimate of drug-likeness (QED) is 0.779. The highest BCUT2D eigenvalue weighted by molar-refractivity contribution is 6.23. The summed E-state index contributed by atoms with van der Waals surface area (Å²) >= 11 is 0. The predicted molar refractivity (Wildman–Crippen MR) is 75.7 cm³/mol. The summed E-state index contributed by atoms with van der Waals surface area (Å²) in [7, 11) is 0. The van der Waals surface area contributed by atoms with Gasteiger partial charge in [-0.3, -0.25) is 9.78 Å². The highest BCUT2D eigenvalue weighted by atomic mass is 16.1. The summed E-state index contributed by atoms with van der Waals surface area (Å²) < 4.78 is 0. The molecule has 1 amide bonds. The SMILES string of the molecule is CC1=NC(=O)c2c1cc(C)c(C)c2-c1ccccn1. The van der Waals surface area contributed by atoms with E-state index in [1.165, 1.54) is 0 Å². The van der Waals surface area contributed by atoms with Gasteiger partial charge in [-0.05, 0) is 50.1 Å². The summed E-state index contributed by atoms with van der Waals surface area (Å²) in [5.41, 5.74) is 6.42. The number of pyridine rings is 1. The molecule has 0 saturated carbocycles. The van der Waals surface area contributed by atoms with Crippen LogP contribution in [0.25, 0.3) is 11.3 Å². The van der Waals surface area contributed by atoms with Crippen LogP contribution in [-0.4, -0.2) is 16.6 Å². The van der Waals surface area contributed by atoms with Gasteiger partial charge in [0.05, 0.1) is 11.3 Å². The Bertz CT molecular complexity index is 715. The summed E-state index contributed by atoms with van der Waals surface area (Å²) in [4.78, 5) is 20.6. The van der Waals surface area contributed by atoms with Gasteiger partial charge < -0.3 is 0 Å². The van der Waals surface area contributed by atoms with Crippen molar-refractivity contribution in [3.05, 3.63) is 52.7 Å². The standard InChI is InChI=1S/C16H14N2O/c1-9-8-12-11(3)18-16(19)15(12)14(10(9)2)13-6-4-5-7-17-13/h4-8H,1-3H3. The van der Waals surface area contributed by atoms with E-state index in [-0.39, 0.29) is 5.91 Å². The van der Waals surface area contributed by atoms with Gasteiger partial charge in [-0.1, -0.05) is 6.07 Å². The molecule has 3 nitrogen and oxygen atoms in total. The van der Waals surface area contributed by atoms with E-state index in [1.54, 1.807) is 6.20 Å². The second-order valence-corrected chi connectivity index (χ2v) is 4.83. The first kappa shape index (κ1) is 11.8. The molecule has 2 aromatic rings. The molecule has 0 radical (unpaired) electrons. The maximum absolute atomic E-state index is 12.1. The average Bonchev–Trinajstić information content (AvgIpc) is 2.67. The topological polar surface area (TPSA) is 42.3 Å². The van der Waals surface area contributed by atoms with Crippen LogP contribution in [0, 0.1) is 13.8 Å². The maximum atomic E-state index is 12.1. The van der Waals surface area contributed by atoms with Crippen molar-refractivity contribution >= 4 is 11.6 Å². The van der Waals surface area contributed by atoms with Crippen LogP contribution >= 0.6 is 0 Å². The molecule has 1 aromatic heterocycles. The monoisotopic (exact) mass is 250 g/mol. The predicted octanol–water partition coefficient (Wildman–Crippen LogP) is 3.33. The fourth-order valence-corrected chi connectivity index (χ4v) is 2.52. The summed E-state index contributed by atoms with van der Waals surface area (Å²) in [5.74, 6) is -0.156. The second-order valence-electron chi connectivity index (χ2n) is 4.83. The maximum Gasteiger partial charge on any atom is 0.278 e. The number of amides is 1. The molecule has 2 heterocycles. The summed E-state index contributed by atoms with van der Waals surface area (Å²) in [6, 6.07) is 7.78. The lowest BCUT2D eigenvalue weighted by Gasteiger charge is -2.13. The molecule has 3 rings (SSSR count). The van der Waals surface area contributed by atoms with Gasteiger partial charge in [-0.15, -0.1) is 0 Å². The molecule has 3 heteroatoms. The van der Waals surface area contributed by atoms with Crippen molar-refractivity contribution in [2.75, 3.05) is 0 Å². The molecular formula is C16H14N2O. The third kappa shape index (κ3) is 1.70. The van der Waals surface area contributed by atoms with Crippen LogP contribution in [0.5, 0.6) is 0 Å². The van der Waals surface area contributed by atoms with Crippen LogP contribution in [0.4, 0.5) is 0 Å². The van der Waals surface area contributed by atoms with Gasteiger partial charge in [-0.25, -0.2) is 4.99 Å². The Balaban J connectivity index is 2.38. The normalized spacial score (nSPS) is 13.4. The number of aryl methyl sites for hydroxylation is 1. The molecule has 0 aliphatic carbocycles. The number of carbonyl (C=O) groups is 1. The van der Waals surface area contributed by atoms with Crippen LogP contribution < -0.4 is 0 Å². The zero-order valence-electron chi connectivity index (χ0n) is 11.2. The smallest absolute Gasteiger partial charge is 0.267 e. The molecule has 0 bridgehead atoms. The Kier molecular flexibility index (Phi) is 2.56. The molecule has 1 aromatic carbocycles. The number of rotatable bonds is 1. The molecule has 1 aliphatic rings. The molecule has 1 aliphatic heterocycles. The fourth-order valence-electron chi connectivity index (χ4n) is 2.52. The van der Waals surface area contributed by atoms with Crippen molar-refractivity contribution in [2.24, 2.45) is 4.99 Å². The zero-order chi connectivity index (χ0) is 13.6. The summed E-state index contributed by atoms with van der Waals surface area (Å²) in [6.45, 7) is 5.96. The third-order valence-electron chi connectivity index (χ3n) is 3.64. The van der Waals surface area contributed by atoms with E-state index in [9.17, 15) is 4.79 Å². The molecule has 0 unspecified atom stereocenters. The van der Waals surface area contributed by atoms with Gasteiger partial charge in [0, 0.05) is 23.0 Å². The Morgan fingerprint density at radius 2 is 1.84 bits per heavy atom. The van der Waals surface area contributed by atoms with E-state index in [1.807, 2.05) is 38.1 Å². The van der Waals surface area contributed by atoms with Crippen LogP contribution in [0.15, 0.2) is 35.5 Å². The first-order chi connectivity index (χ1) is 9.09. The van der Waals surface area contributed by atoms with Gasteiger partial charge >= 0.3 is 0 Å². The van der Waals surface area contributed by atoms with Crippen molar-refractivity contribution in [3.8, 4) is 11.3 Å². The Morgan fingerprint density at radius 1 is 1.05 bits per heavy atom. The van der Waals surface area contributed by atoms with E-state index in [0.29, 0.717) is 5.56 Å². The van der Waals surface area contributed by atoms with E-state index >= 15 is 0 Å². The van der Waals surface area contributed by atoms with Crippen molar-refractivity contribution < 1.29 is 4.79 Å². The number of hydrogen-bond donors (Lipinski definition) is 0. The van der Waals surface area contributed by atoms with Gasteiger partial charge in [0.1, 0.15) is 0 Å². The molecule has 0 N–H and O–H groups in total. The van der Waals surface area contributed by atoms with E-state index < -0.39 is 0 Å². The third-order valence-corrected chi connectivity index (χ3v) is 3.64. The van der Waals surface area contributed by atoms with Gasteiger partial charge in [0.2, 0.25) is 0 Å². The Morgan fingerprint density at radius 3 is 2.53 bits per heavy atom. The first-order valence-corrected chi connectivity index (χ1v) is 6.25.